The third-order valence-corrected chi connectivity index (χ3v) is 2.38. The van der Waals surface area contributed by atoms with Crippen molar-refractivity contribution >= 4 is 24.3 Å². The Bertz CT molecular complexity index is 322. The van der Waals surface area contributed by atoms with Gasteiger partial charge in [0.05, 0.1) is 6.61 Å². The molecule has 0 heterocycles. The monoisotopic (exact) mass is 230 g/mol. The first-order chi connectivity index (χ1) is 7.16. The zero-order valence-corrected chi connectivity index (χ0v) is 9.13. The highest BCUT2D eigenvalue weighted by Gasteiger charge is 2.19. The van der Waals surface area contributed by atoms with E-state index in [0.29, 0.717) is 6.61 Å². The van der Waals surface area contributed by atoms with Crippen LogP contribution in [0.25, 0.3) is 0 Å². The zero-order chi connectivity index (χ0) is 11.3. The number of para-hydroxylation sites is 1. The van der Waals surface area contributed by atoms with E-state index in [1.165, 1.54) is 18.2 Å². The first kappa shape index (κ1) is 12.4. The van der Waals surface area contributed by atoms with Gasteiger partial charge in [-0.3, -0.25) is 0 Å². The van der Waals surface area contributed by atoms with Crippen LogP contribution in [0.3, 0.4) is 0 Å². The van der Waals surface area contributed by atoms with Gasteiger partial charge in [-0.15, -0.1) is 0 Å². The average molecular weight is 230 g/mol. The highest BCUT2D eigenvalue weighted by Crippen LogP contribution is 2.14. The molecular formula is C9H12BFO3S. The predicted molar refractivity (Wildman–Crippen MR) is 60.1 cm³/mol. The fourth-order valence-electron chi connectivity index (χ4n) is 1.11. The minimum absolute atomic E-state index is 0.0519. The van der Waals surface area contributed by atoms with Crippen molar-refractivity contribution in [3.8, 4) is 5.75 Å². The Balaban J connectivity index is 2.82. The molecule has 6 heteroatoms. The van der Waals surface area contributed by atoms with Gasteiger partial charge in [0, 0.05) is 11.2 Å². The van der Waals surface area contributed by atoms with Crippen LogP contribution in [0.4, 0.5) is 4.39 Å². The van der Waals surface area contributed by atoms with Crippen LogP contribution < -0.4 is 10.2 Å². The minimum Gasteiger partial charge on any atom is -0.490 e. The number of rotatable bonds is 5. The summed E-state index contributed by atoms with van der Waals surface area (Å²) in [5.74, 6) is 0.0539. The molecule has 0 radical (unpaired) electrons. The number of hydrogen-bond donors (Lipinski definition) is 2. The van der Waals surface area contributed by atoms with Crippen LogP contribution in [0.2, 0.25) is 0 Å². The van der Waals surface area contributed by atoms with E-state index in [1.807, 2.05) is 6.26 Å². The van der Waals surface area contributed by atoms with Gasteiger partial charge in [0.15, 0.2) is 11.6 Å². The van der Waals surface area contributed by atoms with Crippen molar-refractivity contribution < 1.29 is 19.2 Å². The first-order valence-corrected chi connectivity index (χ1v) is 5.82. The molecule has 0 atom stereocenters. The standard InChI is InChI=1S/C9H12BFO3S/c1-15-6-5-14-9-7(10(12)13)3-2-4-8(9)11/h2-4,12-13H,5-6H2,1H3. The van der Waals surface area contributed by atoms with Crippen molar-refractivity contribution in [1.29, 1.82) is 0 Å². The van der Waals surface area contributed by atoms with Gasteiger partial charge >= 0.3 is 7.12 Å². The fourth-order valence-corrected chi connectivity index (χ4v) is 1.36. The summed E-state index contributed by atoms with van der Waals surface area (Å²) in [6.45, 7) is 0.335. The maximum absolute atomic E-state index is 13.3. The average Bonchev–Trinajstić information content (AvgIpc) is 2.20. The Morgan fingerprint density at radius 3 is 2.80 bits per heavy atom. The molecule has 3 nitrogen and oxygen atoms in total. The molecule has 0 aliphatic heterocycles. The second-order valence-corrected chi connectivity index (χ2v) is 3.86. The van der Waals surface area contributed by atoms with Gasteiger partial charge in [-0.25, -0.2) is 4.39 Å². The Morgan fingerprint density at radius 2 is 2.20 bits per heavy atom. The molecule has 0 unspecified atom stereocenters. The molecule has 0 saturated heterocycles. The van der Waals surface area contributed by atoms with E-state index in [0.717, 1.165) is 5.75 Å². The van der Waals surface area contributed by atoms with Crippen LogP contribution >= 0.6 is 11.8 Å². The first-order valence-electron chi connectivity index (χ1n) is 4.43. The Hall–Kier alpha value is -0.715. The van der Waals surface area contributed by atoms with Crippen molar-refractivity contribution in [3.63, 3.8) is 0 Å². The Labute approximate surface area is 92.4 Å². The van der Waals surface area contributed by atoms with Crippen molar-refractivity contribution in [3.05, 3.63) is 24.0 Å². The van der Waals surface area contributed by atoms with Gasteiger partial charge in [-0.2, -0.15) is 11.8 Å². The molecule has 0 aliphatic carbocycles. The summed E-state index contributed by atoms with van der Waals surface area (Å²) >= 11 is 1.57. The molecule has 0 fully saturated rings. The van der Waals surface area contributed by atoms with Crippen LogP contribution in [0.15, 0.2) is 18.2 Å². The Kier molecular flexibility index (Phi) is 4.94. The van der Waals surface area contributed by atoms with Gasteiger partial charge in [0.1, 0.15) is 0 Å². The molecule has 0 aromatic heterocycles. The maximum Gasteiger partial charge on any atom is 0.492 e. The number of ether oxygens (including phenoxy) is 1. The number of benzene rings is 1. The zero-order valence-electron chi connectivity index (χ0n) is 8.31. The number of thioether (sulfide) groups is 1. The normalized spacial score (nSPS) is 10.1. The molecule has 1 aromatic rings. The lowest BCUT2D eigenvalue weighted by molar-refractivity contribution is 0.325. The van der Waals surface area contributed by atoms with Crippen LogP contribution in [0.1, 0.15) is 0 Å². The summed E-state index contributed by atoms with van der Waals surface area (Å²) in [7, 11) is -1.72. The van der Waals surface area contributed by atoms with E-state index in [4.69, 9.17) is 14.8 Å². The third-order valence-electron chi connectivity index (χ3n) is 1.81. The SMILES string of the molecule is CSCCOc1c(F)cccc1B(O)O. The van der Waals surface area contributed by atoms with Crippen LogP contribution in [0, 0.1) is 5.82 Å². The molecule has 15 heavy (non-hydrogen) atoms. The third kappa shape index (κ3) is 3.41. The van der Waals surface area contributed by atoms with Gasteiger partial charge < -0.3 is 14.8 Å². The van der Waals surface area contributed by atoms with E-state index in [9.17, 15) is 4.39 Å². The summed E-state index contributed by atoms with van der Waals surface area (Å²) in [5.41, 5.74) is 0.0519. The van der Waals surface area contributed by atoms with E-state index in [-0.39, 0.29) is 11.2 Å². The molecule has 0 saturated carbocycles. The van der Waals surface area contributed by atoms with Gasteiger partial charge in [0.25, 0.3) is 0 Å². The van der Waals surface area contributed by atoms with Crippen molar-refractivity contribution in [1.82, 2.24) is 0 Å². The highest BCUT2D eigenvalue weighted by molar-refractivity contribution is 7.98. The summed E-state index contributed by atoms with van der Waals surface area (Å²) < 4.78 is 18.4. The molecule has 1 rings (SSSR count). The van der Waals surface area contributed by atoms with Crippen LogP contribution in [-0.4, -0.2) is 35.8 Å². The fraction of sp³-hybridized carbons (Fsp3) is 0.333. The molecule has 82 valence electrons. The molecule has 0 spiro atoms. The molecule has 2 N–H and O–H groups in total. The molecule has 0 aliphatic rings. The maximum atomic E-state index is 13.3. The summed E-state index contributed by atoms with van der Waals surface area (Å²) in [5, 5.41) is 18.0. The van der Waals surface area contributed by atoms with Crippen molar-refractivity contribution in [2.45, 2.75) is 0 Å². The van der Waals surface area contributed by atoms with Gasteiger partial charge in [-0.05, 0) is 12.3 Å². The van der Waals surface area contributed by atoms with Crippen LogP contribution in [0.5, 0.6) is 5.75 Å². The second kappa shape index (κ2) is 6.00. The smallest absolute Gasteiger partial charge is 0.490 e. The molecule has 0 amide bonds. The topological polar surface area (TPSA) is 49.7 Å². The quantitative estimate of drug-likeness (QED) is 0.562. The lowest BCUT2D eigenvalue weighted by Crippen LogP contribution is -2.32. The second-order valence-electron chi connectivity index (χ2n) is 2.87. The number of halogens is 1. The Morgan fingerprint density at radius 1 is 1.47 bits per heavy atom. The molecule has 1 aromatic carbocycles. The lowest BCUT2D eigenvalue weighted by atomic mass is 9.79. The van der Waals surface area contributed by atoms with Gasteiger partial charge in [-0.1, -0.05) is 12.1 Å². The predicted octanol–water partition coefficient (Wildman–Crippen LogP) is 0.247. The van der Waals surface area contributed by atoms with E-state index < -0.39 is 12.9 Å². The molecule has 0 bridgehead atoms. The van der Waals surface area contributed by atoms with E-state index in [1.54, 1.807) is 11.8 Å². The summed E-state index contributed by atoms with van der Waals surface area (Å²) in [4.78, 5) is 0. The van der Waals surface area contributed by atoms with Crippen molar-refractivity contribution in [2.75, 3.05) is 18.6 Å². The largest absolute Gasteiger partial charge is 0.492 e. The lowest BCUT2D eigenvalue weighted by Gasteiger charge is -2.11. The minimum atomic E-state index is -1.72. The van der Waals surface area contributed by atoms with Crippen LogP contribution in [-0.2, 0) is 0 Å². The van der Waals surface area contributed by atoms with Crippen molar-refractivity contribution in [2.24, 2.45) is 0 Å². The van der Waals surface area contributed by atoms with E-state index >= 15 is 0 Å². The molecular weight excluding hydrogens is 218 g/mol. The summed E-state index contributed by atoms with van der Waals surface area (Å²) in [6.07, 6.45) is 1.91. The number of hydrogen-bond acceptors (Lipinski definition) is 4. The highest BCUT2D eigenvalue weighted by atomic mass is 32.2. The van der Waals surface area contributed by atoms with E-state index in [2.05, 4.69) is 0 Å². The summed E-state index contributed by atoms with van der Waals surface area (Å²) in [6, 6.07) is 4.05. The van der Waals surface area contributed by atoms with Gasteiger partial charge in [0.2, 0.25) is 0 Å².